The number of carbonyl (C=O) groups excluding carboxylic acids is 1. The molecule has 1 amide bonds. The summed E-state index contributed by atoms with van der Waals surface area (Å²) in [5.41, 5.74) is 0.673. The number of halogens is 4. The Morgan fingerprint density at radius 2 is 2.00 bits per heavy atom. The summed E-state index contributed by atoms with van der Waals surface area (Å²) < 4.78 is 63.9. The molecule has 2 fully saturated rings. The van der Waals surface area contributed by atoms with Crippen LogP contribution in [0.4, 0.5) is 23.2 Å². The van der Waals surface area contributed by atoms with Crippen LogP contribution in [0.5, 0.6) is 0 Å². The third kappa shape index (κ3) is 4.51. The third-order valence-corrected chi connectivity index (χ3v) is 8.39. The van der Waals surface area contributed by atoms with E-state index in [1.807, 2.05) is 34.7 Å². The number of aromatic nitrogens is 3. The molecule has 0 aliphatic carbocycles. The summed E-state index contributed by atoms with van der Waals surface area (Å²) in [6.45, 7) is 3.15. The van der Waals surface area contributed by atoms with Crippen LogP contribution in [0.25, 0.3) is 0 Å². The summed E-state index contributed by atoms with van der Waals surface area (Å²) >= 11 is 0. The predicted octanol–water partition coefficient (Wildman–Crippen LogP) is 4.61. The first kappa shape index (κ1) is 25.9. The van der Waals surface area contributed by atoms with Gasteiger partial charge in [0.2, 0.25) is 0 Å². The van der Waals surface area contributed by atoms with Crippen LogP contribution in [0.15, 0.2) is 42.7 Å². The van der Waals surface area contributed by atoms with Crippen molar-refractivity contribution in [2.45, 2.75) is 50.1 Å². The van der Waals surface area contributed by atoms with Crippen LogP contribution < -0.4 is 4.90 Å². The first-order valence-electron chi connectivity index (χ1n) is 13.0. The van der Waals surface area contributed by atoms with Gasteiger partial charge in [0.15, 0.2) is 0 Å². The summed E-state index contributed by atoms with van der Waals surface area (Å²) in [6.07, 6.45) is -3.06. The second-order valence-electron chi connectivity index (χ2n) is 10.9. The minimum atomic E-state index is -4.63. The topological polar surface area (TPSA) is 63.5 Å². The minimum absolute atomic E-state index is 0.0283. The minimum Gasteiger partial charge on any atom is -0.379 e. The van der Waals surface area contributed by atoms with Gasteiger partial charge in [-0.1, -0.05) is 12.1 Å². The maximum Gasteiger partial charge on any atom is 0.416 e. The Kier molecular flexibility index (Phi) is 6.26. The molecule has 2 saturated heterocycles. The third-order valence-electron chi connectivity index (χ3n) is 8.39. The molecule has 3 aromatic rings. The number of rotatable bonds is 6. The van der Waals surface area contributed by atoms with Gasteiger partial charge < -0.3 is 14.2 Å². The lowest BCUT2D eigenvalue weighted by molar-refractivity contribution is -0.138. The van der Waals surface area contributed by atoms with Crippen molar-refractivity contribution in [2.24, 2.45) is 7.05 Å². The van der Waals surface area contributed by atoms with Gasteiger partial charge >= 0.3 is 6.18 Å². The number of fused-ring (bicyclic) bond motifs is 1. The molecule has 0 N–H and O–H groups in total. The number of carbonyl (C=O) groups is 1. The van der Waals surface area contributed by atoms with Gasteiger partial charge in [0.1, 0.15) is 18.3 Å². The number of nitrogens with zero attached hydrogens (tertiary/aromatic N) is 5. The van der Waals surface area contributed by atoms with Gasteiger partial charge in [-0.05, 0) is 54.3 Å². The number of hydrogen-bond acceptors (Lipinski definition) is 5. The van der Waals surface area contributed by atoms with Crippen molar-refractivity contribution in [3.8, 4) is 0 Å². The SMILES string of the molecule is C[C@H](c1cc2c(c(C(F)(F)F)c1)CN(c1cccc(C3(Cc4nncn4C)COC3)c1)C2=O)N1CC[C@H](F)C1. The van der Waals surface area contributed by atoms with Gasteiger partial charge in [0, 0.05) is 49.3 Å². The highest BCUT2D eigenvalue weighted by molar-refractivity contribution is 6.10. The zero-order valence-corrected chi connectivity index (χ0v) is 21.7. The maximum absolute atomic E-state index is 14.2. The van der Waals surface area contributed by atoms with E-state index in [9.17, 15) is 22.4 Å². The molecule has 7 nitrogen and oxygen atoms in total. The molecule has 11 heteroatoms. The molecule has 0 radical (unpaired) electrons. The van der Waals surface area contributed by atoms with E-state index in [2.05, 4.69) is 10.2 Å². The standard InChI is InChI=1S/C28H29F4N5O2/c1-17(36-7-6-20(29)12-36)18-8-22-23(24(9-18)28(30,31)32)13-37(26(22)38)21-5-3-4-19(10-21)27(14-39-15-27)11-25-34-33-16-35(25)2/h3-5,8-10,16-17,20H,6-7,11-15H2,1-2H3/t17-,20+/m1/s1. The molecule has 206 valence electrons. The largest absolute Gasteiger partial charge is 0.416 e. The second-order valence-corrected chi connectivity index (χ2v) is 10.9. The first-order valence-corrected chi connectivity index (χ1v) is 13.0. The van der Waals surface area contributed by atoms with Gasteiger partial charge in [-0.15, -0.1) is 10.2 Å². The second kappa shape index (κ2) is 9.41. The lowest BCUT2D eigenvalue weighted by Crippen LogP contribution is -2.49. The van der Waals surface area contributed by atoms with E-state index in [4.69, 9.17) is 4.74 Å². The smallest absolute Gasteiger partial charge is 0.379 e. The zero-order chi connectivity index (χ0) is 27.5. The Balaban J connectivity index is 1.33. The number of alkyl halides is 4. The van der Waals surface area contributed by atoms with Crippen LogP contribution in [0.3, 0.4) is 0 Å². The fourth-order valence-corrected chi connectivity index (χ4v) is 5.93. The van der Waals surface area contributed by atoms with E-state index in [-0.39, 0.29) is 29.6 Å². The van der Waals surface area contributed by atoms with E-state index in [1.54, 1.807) is 25.4 Å². The molecule has 2 atom stereocenters. The molecule has 6 rings (SSSR count). The molecule has 0 unspecified atom stereocenters. The fourth-order valence-electron chi connectivity index (χ4n) is 5.93. The predicted molar refractivity (Wildman–Crippen MR) is 135 cm³/mol. The molecule has 4 heterocycles. The summed E-state index contributed by atoms with van der Waals surface area (Å²) in [4.78, 5) is 16.8. The Morgan fingerprint density at radius 1 is 1.21 bits per heavy atom. The summed E-state index contributed by atoms with van der Waals surface area (Å²) in [7, 11) is 1.87. The lowest BCUT2D eigenvalue weighted by Gasteiger charge is -2.42. The fraction of sp³-hybridized carbons (Fsp3) is 0.464. The van der Waals surface area contributed by atoms with Crippen molar-refractivity contribution in [3.05, 3.63) is 76.4 Å². The molecular weight excluding hydrogens is 514 g/mol. The van der Waals surface area contributed by atoms with E-state index < -0.39 is 29.9 Å². The number of ether oxygens (including phenoxy) is 1. The average Bonchev–Trinajstić information content (AvgIpc) is 3.58. The Hall–Kier alpha value is -3.31. The van der Waals surface area contributed by atoms with Gasteiger partial charge in [-0.25, -0.2) is 4.39 Å². The van der Waals surface area contributed by atoms with E-state index >= 15 is 0 Å². The van der Waals surface area contributed by atoms with E-state index in [0.29, 0.717) is 43.9 Å². The molecule has 3 aliphatic heterocycles. The number of benzene rings is 2. The monoisotopic (exact) mass is 543 g/mol. The number of aryl methyl sites for hydroxylation is 1. The molecule has 1 aromatic heterocycles. The van der Waals surface area contributed by atoms with Crippen LogP contribution in [0, 0.1) is 0 Å². The van der Waals surface area contributed by atoms with Gasteiger partial charge in [0.05, 0.1) is 25.3 Å². The van der Waals surface area contributed by atoms with E-state index in [1.165, 1.54) is 4.90 Å². The van der Waals surface area contributed by atoms with Crippen LogP contribution >= 0.6 is 0 Å². The lowest BCUT2D eigenvalue weighted by atomic mass is 9.75. The van der Waals surface area contributed by atoms with Crippen molar-refractivity contribution in [3.63, 3.8) is 0 Å². The van der Waals surface area contributed by atoms with Crippen molar-refractivity contribution in [1.82, 2.24) is 19.7 Å². The number of amides is 1. The van der Waals surface area contributed by atoms with Gasteiger partial charge in [-0.3, -0.25) is 9.69 Å². The van der Waals surface area contributed by atoms with Crippen LogP contribution in [-0.4, -0.2) is 58.0 Å². The molecular formula is C28H29F4N5O2. The average molecular weight is 544 g/mol. The highest BCUT2D eigenvalue weighted by Crippen LogP contribution is 2.43. The Labute approximate surface area is 223 Å². The maximum atomic E-state index is 14.2. The van der Waals surface area contributed by atoms with Gasteiger partial charge in [-0.2, -0.15) is 13.2 Å². The summed E-state index contributed by atoms with van der Waals surface area (Å²) in [5, 5.41) is 8.15. The summed E-state index contributed by atoms with van der Waals surface area (Å²) in [6, 6.07) is 9.62. The van der Waals surface area contributed by atoms with Crippen molar-refractivity contribution in [1.29, 1.82) is 0 Å². The zero-order valence-electron chi connectivity index (χ0n) is 21.7. The molecule has 2 aromatic carbocycles. The molecule has 0 saturated carbocycles. The van der Waals surface area contributed by atoms with Crippen molar-refractivity contribution >= 4 is 11.6 Å². The summed E-state index contributed by atoms with van der Waals surface area (Å²) in [5.74, 6) is 0.320. The first-order chi connectivity index (χ1) is 18.6. The molecule has 0 bridgehead atoms. The Morgan fingerprint density at radius 3 is 2.62 bits per heavy atom. The highest BCUT2D eigenvalue weighted by atomic mass is 19.4. The quantitative estimate of drug-likeness (QED) is 0.425. The van der Waals surface area contributed by atoms with Gasteiger partial charge in [0.25, 0.3) is 5.91 Å². The van der Waals surface area contributed by atoms with Crippen molar-refractivity contribution in [2.75, 3.05) is 31.2 Å². The number of likely N-dealkylation sites (tertiary alicyclic amines) is 1. The Bertz CT molecular complexity index is 1420. The number of hydrogen-bond donors (Lipinski definition) is 0. The van der Waals surface area contributed by atoms with Crippen LogP contribution in [0.1, 0.15) is 57.8 Å². The molecule has 3 aliphatic rings. The van der Waals surface area contributed by atoms with Crippen LogP contribution in [-0.2, 0) is 36.3 Å². The molecule has 0 spiro atoms. The molecule has 39 heavy (non-hydrogen) atoms. The highest BCUT2D eigenvalue weighted by Gasteiger charge is 2.44. The van der Waals surface area contributed by atoms with E-state index in [0.717, 1.165) is 17.5 Å². The number of anilines is 1. The van der Waals surface area contributed by atoms with Crippen molar-refractivity contribution < 1.29 is 27.1 Å². The van der Waals surface area contributed by atoms with Crippen LogP contribution in [0.2, 0.25) is 0 Å². The normalized spacial score (nSPS) is 21.7.